The number of fused-ring (bicyclic) bond motifs is 5. The second kappa shape index (κ2) is 6.00. The van der Waals surface area contributed by atoms with Gasteiger partial charge >= 0.3 is 6.16 Å². The summed E-state index contributed by atoms with van der Waals surface area (Å²) in [5.74, 6) is 0.548. The van der Waals surface area contributed by atoms with Gasteiger partial charge in [-0.2, -0.15) is 0 Å². The van der Waals surface area contributed by atoms with Crippen molar-refractivity contribution in [3.63, 3.8) is 0 Å². The van der Waals surface area contributed by atoms with Crippen LogP contribution < -0.4 is 10.1 Å². The molecule has 0 saturated heterocycles. The molecule has 130 valence electrons. The summed E-state index contributed by atoms with van der Waals surface area (Å²) >= 11 is 12.6. The molecule has 0 aliphatic carbocycles. The Hall–Kier alpha value is -2.11. The van der Waals surface area contributed by atoms with Crippen LogP contribution in [0.15, 0.2) is 30.3 Å². The van der Waals surface area contributed by atoms with Crippen LogP contribution in [-0.4, -0.2) is 23.6 Å². The molecule has 25 heavy (non-hydrogen) atoms. The number of hydrogen-bond acceptors (Lipinski definition) is 4. The summed E-state index contributed by atoms with van der Waals surface area (Å²) in [4.78, 5) is 11.1. The molecule has 0 amide bonds. The van der Waals surface area contributed by atoms with Gasteiger partial charge in [0.2, 0.25) is 6.23 Å². The Kier molecular flexibility index (Phi) is 3.93. The van der Waals surface area contributed by atoms with Gasteiger partial charge in [0.05, 0.1) is 5.92 Å². The number of aryl methyl sites for hydroxylation is 1. The molecule has 3 atom stereocenters. The van der Waals surface area contributed by atoms with Crippen molar-refractivity contribution >= 4 is 35.0 Å². The maximum absolute atomic E-state index is 11.1. The van der Waals surface area contributed by atoms with Gasteiger partial charge in [0.1, 0.15) is 5.75 Å². The van der Waals surface area contributed by atoms with E-state index < -0.39 is 18.5 Å². The normalized spacial score (nSPS) is 22.9. The number of ether oxygens (including phenoxy) is 2. The largest absolute Gasteiger partial charge is 0.507 e. The van der Waals surface area contributed by atoms with E-state index in [9.17, 15) is 4.79 Å². The van der Waals surface area contributed by atoms with Gasteiger partial charge in [-0.1, -0.05) is 48.3 Å². The van der Waals surface area contributed by atoms with Crippen LogP contribution in [0.2, 0.25) is 10.0 Å². The van der Waals surface area contributed by atoms with Gasteiger partial charge < -0.3 is 19.9 Å². The predicted molar refractivity (Wildman–Crippen MR) is 95.1 cm³/mol. The van der Waals surface area contributed by atoms with Crippen LogP contribution >= 0.6 is 23.2 Å². The number of nitrogens with one attached hydrogen (secondary N) is 1. The first kappa shape index (κ1) is 16.4. The topological polar surface area (TPSA) is 67.8 Å². The fraction of sp³-hybridized carbons (Fsp3) is 0.278. The molecule has 4 rings (SSSR count). The van der Waals surface area contributed by atoms with E-state index in [1.165, 1.54) is 0 Å². The maximum atomic E-state index is 11.1. The molecule has 2 aliphatic rings. The minimum absolute atomic E-state index is 0.230. The minimum atomic E-state index is -1.37. The summed E-state index contributed by atoms with van der Waals surface area (Å²) in [5.41, 5.74) is 3.54. The summed E-state index contributed by atoms with van der Waals surface area (Å²) in [6.07, 6.45) is -1.96. The Balaban J connectivity index is 1.91. The average Bonchev–Trinajstić information content (AvgIpc) is 2.93. The summed E-state index contributed by atoms with van der Waals surface area (Å²) in [5, 5.41) is 13.1. The summed E-state index contributed by atoms with van der Waals surface area (Å²) in [7, 11) is 0. The number of halogens is 2. The number of hydrogen-bond donors (Lipinski definition) is 2. The van der Waals surface area contributed by atoms with Crippen molar-refractivity contribution in [3.8, 4) is 5.75 Å². The van der Waals surface area contributed by atoms with Crippen molar-refractivity contribution in [2.24, 2.45) is 0 Å². The minimum Gasteiger partial charge on any atom is -0.483 e. The molecular formula is C18H15Cl2NO4. The van der Waals surface area contributed by atoms with E-state index in [1.54, 1.807) is 12.1 Å². The van der Waals surface area contributed by atoms with E-state index in [4.69, 9.17) is 37.8 Å². The third kappa shape index (κ3) is 2.58. The van der Waals surface area contributed by atoms with E-state index in [-0.39, 0.29) is 5.92 Å². The van der Waals surface area contributed by atoms with Crippen molar-refractivity contribution in [1.82, 2.24) is 0 Å². The van der Waals surface area contributed by atoms with Gasteiger partial charge in [-0.05, 0) is 24.1 Å². The first-order valence-electron chi connectivity index (χ1n) is 7.93. The van der Waals surface area contributed by atoms with E-state index in [1.807, 2.05) is 25.1 Å². The second-order valence-corrected chi connectivity index (χ2v) is 6.89. The quantitative estimate of drug-likeness (QED) is 0.726. The van der Waals surface area contributed by atoms with E-state index in [2.05, 4.69) is 5.32 Å². The highest BCUT2D eigenvalue weighted by Gasteiger charge is 2.48. The van der Waals surface area contributed by atoms with Gasteiger partial charge in [0.25, 0.3) is 0 Å². The number of rotatable bonds is 2. The number of anilines is 1. The fourth-order valence-electron chi connectivity index (χ4n) is 3.67. The zero-order valence-corrected chi connectivity index (χ0v) is 14.8. The first-order valence-corrected chi connectivity index (χ1v) is 8.68. The van der Waals surface area contributed by atoms with Gasteiger partial charge in [-0.25, -0.2) is 4.79 Å². The highest BCUT2D eigenvalue weighted by molar-refractivity contribution is 6.35. The number of carboxylic acid groups (broad SMARTS) is 1. The molecule has 2 heterocycles. The summed E-state index contributed by atoms with van der Waals surface area (Å²) < 4.78 is 11.2. The van der Waals surface area contributed by atoms with Crippen molar-refractivity contribution < 1.29 is 19.4 Å². The molecule has 2 aromatic rings. The molecule has 0 saturated carbocycles. The molecule has 7 heteroatoms. The lowest BCUT2D eigenvalue weighted by Gasteiger charge is -2.35. The zero-order chi connectivity index (χ0) is 17.7. The van der Waals surface area contributed by atoms with E-state index >= 15 is 0 Å². The van der Waals surface area contributed by atoms with Gasteiger partial charge in [-0.15, -0.1) is 0 Å². The van der Waals surface area contributed by atoms with Crippen molar-refractivity contribution in [1.29, 1.82) is 0 Å². The van der Waals surface area contributed by atoms with Crippen LogP contribution in [0.5, 0.6) is 5.75 Å². The van der Waals surface area contributed by atoms with Gasteiger partial charge in [0.15, 0.2) is 6.10 Å². The zero-order valence-electron chi connectivity index (χ0n) is 13.3. The lowest BCUT2D eigenvalue weighted by molar-refractivity contribution is 0.00555. The Morgan fingerprint density at radius 2 is 2.16 bits per heavy atom. The van der Waals surface area contributed by atoms with Crippen LogP contribution in [-0.2, 0) is 11.2 Å². The van der Waals surface area contributed by atoms with Crippen LogP contribution in [0.25, 0.3) is 0 Å². The number of carbonyl (C=O) groups is 1. The lowest BCUT2D eigenvalue weighted by atomic mass is 9.83. The Labute approximate surface area is 154 Å². The molecule has 0 fully saturated rings. The summed E-state index contributed by atoms with van der Waals surface area (Å²) in [6, 6.07) is 9.36. The molecule has 0 radical (unpaired) electrons. The highest BCUT2D eigenvalue weighted by Crippen LogP contribution is 2.52. The molecular weight excluding hydrogens is 365 g/mol. The van der Waals surface area contributed by atoms with E-state index in [0.717, 1.165) is 28.9 Å². The molecule has 3 unspecified atom stereocenters. The first-order chi connectivity index (χ1) is 12.0. The number of benzene rings is 2. The van der Waals surface area contributed by atoms with Crippen molar-refractivity contribution in [2.75, 3.05) is 5.32 Å². The van der Waals surface area contributed by atoms with Crippen LogP contribution in [0.1, 0.15) is 29.5 Å². The highest BCUT2D eigenvalue weighted by atomic mass is 35.5. The average molecular weight is 380 g/mol. The van der Waals surface area contributed by atoms with Crippen molar-refractivity contribution in [3.05, 3.63) is 57.1 Å². The third-order valence-corrected chi connectivity index (χ3v) is 5.19. The van der Waals surface area contributed by atoms with Crippen LogP contribution in [0, 0.1) is 0 Å². The van der Waals surface area contributed by atoms with Crippen LogP contribution in [0.4, 0.5) is 10.5 Å². The Morgan fingerprint density at radius 1 is 1.36 bits per heavy atom. The maximum Gasteiger partial charge on any atom is 0.507 e. The second-order valence-electron chi connectivity index (χ2n) is 6.05. The fourth-order valence-corrected chi connectivity index (χ4v) is 4.28. The molecule has 0 aromatic heterocycles. The number of para-hydroxylation sites is 1. The third-order valence-electron chi connectivity index (χ3n) is 4.65. The van der Waals surface area contributed by atoms with Crippen molar-refractivity contribution in [2.45, 2.75) is 31.6 Å². The lowest BCUT2D eigenvalue weighted by Crippen LogP contribution is -2.46. The van der Waals surface area contributed by atoms with Gasteiger partial charge in [0, 0.05) is 26.9 Å². The summed E-state index contributed by atoms with van der Waals surface area (Å²) in [6.45, 7) is 2.05. The van der Waals surface area contributed by atoms with Gasteiger partial charge in [-0.3, -0.25) is 0 Å². The molecule has 0 spiro atoms. The Morgan fingerprint density at radius 3 is 2.88 bits per heavy atom. The standard InChI is InChI=1S/C18H15Cl2NO4/c1-2-8-4-3-5-10-13-14-11(20)6-9(19)7-12(14)21-17(25-18(22)23)16(13)24-15(8)10/h3-7,13,16-17,21H,2H2,1H3,(H,22,23). The molecule has 2 aromatic carbocycles. The molecule has 5 nitrogen and oxygen atoms in total. The smallest absolute Gasteiger partial charge is 0.483 e. The molecule has 2 N–H and O–H groups in total. The van der Waals surface area contributed by atoms with E-state index in [0.29, 0.717) is 15.7 Å². The molecule has 0 bridgehead atoms. The Bertz CT molecular complexity index is 870. The predicted octanol–water partition coefficient (Wildman–Crippen LogP) is 4.89. The van der Waals surface area contributed by atoms with Crippen LogP contribution in [0.3, 0.4) is 0 Å². The molecule has 2 aliphatic heterocycles. The SMILES string of the molecule is CCc1cccc2c1OC1C(OC(=O)O)Nc3cc(Cl)cc(Cl)c3C21. The monoisotopic (exact) mass is 379 g/mol.